The van der Waals surface area contributed by atoms with Crippen molar-refractivity contribution in [1.82, 2.24) is 0 Å². The highest BCUT2D eigenvalue weighted by molar-refractivity contribution is 6.17. The van der Waals surface area contributed by atoms with Gasteiger partial charge in [0.2, 0.25) is 5.69 Å². The van der Waals surface area contributed by atoms with Gasteiger partial charge in [0.05, 0.1) is 10.9 Å². The molecule has 0 amide bonds. The summed E-state index contributed by atoms with van der Waals surface area (Å²) in [5.74, 6) is 2.87. The van der Waals surface area contributed by atoms with Gasteiger partial charge in [-0.15, -0.1) is 0 Å². The van der Waals surface area contributed by atoms with Crippen molar-refractivity contribution in [3.05, 3.63) is 77.5 Å². The maximum Gasteiger partial charge on any atom is 0.228 e. The van der Waals surface area contributed by atoms with Crippen molar-refractivity contribution in [2.45, 2.75) is 45.4 Å². The van der Waals surface area contributed by atoms with Gasteiger partial charge in [-0.2, -0.15) is 0 Å². The second kappa shape index (κ2) is 8.04. The molecular weight excluding hydrogens is 442 g/mol. The van der Waals surface area contributed by atoms with Gasteiger partial charge in [-0.1, -0.05) is 56.3 Å². The number of benzene rings is 4. The number of ether oxygens (including phenoxy) is 2. The molecule has 0 spiro atoms. The summed E-state index contributed by atoms with van der Waals surface area (Å²) < 4.78 is 14.9. The van der Waals surface area contributed by atoms with Crippen LogP contribution in [0, 0.1) is 6.92 Å². The lowest BCUT2D eigenvalue weighted by Gasteiger charge is -2.28. The van der Waals surface area contributed by atoms with Crippen molar-refractivity contribution in [1.29, 1.82) is 0 Å². The number of hydrogen-bond donors (Lipinski definition) is 0. The first-order valence-electron chi connectivity index (χ1n) is 13.2. The minimum absolute atomic E-state index is 0.343. The SMILES string of the molecule is Cc1c2c(c(C(C)C)c3ccccc13)Oc1cc3cccc(C4CCOCC4)c3c3cc[n+](C)c-2c13. The van der Waals surface area contributed by atoms with Crippen LogP contribution in [0.25, 0.3) is 43.6 Å². The van der Waals surface area contributed by atoms with Crippen molar-refractivity contribution in [2.24, 2.45) is 7.05 Å². The molecule has 0 saturated carbocycles. The molecule has 36 heavy (non-hydrogen) atoms. The second-order valence-corrected chi connectivity index (χ2v) is 10.8. The van der Waals surface area contributed by atoms with E-state index in [4.69, 9.17) is 9.47 Å². The first kappa shape index (κ1) is 21.8. The smallest absolute Gasteiger partial charge is 0.228 e. The minimum atomic E-state index is 0.343. The average molecular weight is 475 g/mol. The maximum atomic E-state index is 6.95. The van der Waals surface area contributed by atoms with E-state index in [1.54, 1.807) is 0 Å². The van der Waals surface area contributed by atoms with Crippen LogP contribution >= 0.6 is 0 Å². The van der Waals surface area contributed by atoms with Crippen LogP contribution in [0.3, 0.4) is 0 Å². The standard InChI is InChI=1S/C33H32NO2/c1-19(2)28-25-10-6-5-9-23(25)20(3)29-32-31-26(12-15-34(32)4)30-22(18-27(31)36-33(28)29)8-7-11-24(30)21-13-16-35-17-14-21/h5-12,15,18-19,21H,13-14,16-17H2,1-4H3/q+1. The maximum absolute atomic E-state index is 6.95. The molecule has 0 atom stereocenters. The van der Waals surface area contributed by atoms with Crippen LogP contribution in [-0.4, -0.2) is 13.2 Å². The first-order chi connectivity index (χ1) is 17.5. The minimum Gasteiger partial charge on any atom is -0.455 e. The molecule has 1 saturated heterocycles. The largest absolute Gasteiger partial charge is 0.455 e. The molecule has 7 rings (SSSR count). The van der Waals surface area contributed by atoms with Crippen LogP contribution in [0.4, 0.5) is 0 Å². The van der Waals surface area contributed by atoms with Gasteiger partial charge < -0.3 is 9.47 Å². The molecule has 4 aromatic carbocycles. The Kier molecular flexibility index (Phi) is 4.87. The van der Waals surface area contributed by atoms with Gasteiger partial charge >= 0.3 is 0 Å². The van der Waals surface area contributed by atoms with E-state index in [9.17, 15) is 0 Å². The zero-order chi connectivity index (χ0) is 24.6. The zero-order valence-corrected chi connectivity index (χ0v) is 21.5. The fraction of sp³-hybridized carbons (Fsp3) is 0.303. The lowest BCUT2D eigenvalue weighted by molar-refractivity contribution is -0.659. The van der Waals surface area contributed by atoms with E-state index in [1.807, 2.05) is 0 Å². The van der Waals surface area contributed by atoms with Crippen molar-refractivity contribution >= 4 is 32.3 Å². The predicted molar refractivity (Wildman–Crippen MR) is 147 cm³/mol. The molecule has 0 unspecified atom stereocenters. The summed E-state index contributed by atoms with van der Waals surface area (Å²) in [4.78, 5) is 0. The molecule has 3 nitrogen and oxygen atoms in total. The van der Waals surface area contributed by atoms with Crippen LogP contribution in [0.1, 0.15) is 55.2 Å². The molecule has 0 N–H and O–H groups in total. The quantitative estimate of drug-likeness (QED) is 0.187. The molecule has 1 aromatic heterocycles. The summed E-state index contributed by atoms with van der Waals surface area (Å²) in [5, 5.41) is 7.76. The molecule has 0 radical (unpaired) electrons. The molecule has 1 fully saturated rings. The van der Waals surface area contributed by atoms with Crippen LogP contribution < -0.4 is 9.30 Å². The normalized spacial score (nSPS) is 15.6. The van der Waals surface area contributed by atoms with E-state index in [0.29, 0.717) is 11.8 Å². The van der Waals surface area contributed by atoms with Crippen LogP contribution in [0.5, 0.6) is 11.5 Å². The number of pyridine rings is 1. The van der Waals surface area contributed by atoms with Crippen LogP contribution in [0.2, 0.25) is 0 Å². The monoisotopic (exact) mass is 474 g/mol. The molecule has 3 heteroatoms. The van der Waals surface area contributed by atoms with E-state index in [1.165, 1.54) is 60.3 Å². The molecule has 3 heterocycles. The van der Waals surface area contributed by atoms with Gasteiger partial charge in [-0.05, 0) is 70.3 Å². The summed E-state index contributed by atoms with van der Waals surface area (Å²) >= 11 is 0. The third kappa shape index (κ3) is 2.99. The van der Waals surface area contributed by atoms with Crippen molar-refractivity contribution in [3.8, 4) is 22.8 Å². The Labute approximate surface area is 212 Å². The molecule has 2 aliphatic heterocycles. The number of fused-ring (bicyclic) bond motifs is 5. The van der Waals surface area contributed by atoms with Crippen molar-refractivity contribution in [2.75, 3.05) is 13.2 Å². The summed E-state index contributed by atoms with van der Waals surface area (Å²) in [5.41, 5.74) is 6.53. The molecule has 0 bridgehead atoms. The predicted octanol–water partition coefficient (Wildman–Crippen LogP) is 8.07. The van der Waals surface area contributed by atoms with Crippen molar-refractivity contribution in [3.63, 3.8) is 0 Å². The van der Waals surface area contributed by atoms with Gasteiger partial charge in [0.25, 0.3) is 0 Å². The zero-order valence-electron chi connectivity index (χ0n) is 21.5. The van der Waals surface area contributed by atoms with E-state index in [-0.39, 0.29) is 0 Å². The van der Waals surface area contributed by atoms with Gasteiger partial charge in [-0.25, -0.2) is 4.57 Å². The van der Waals surface area contributed by atoms with Gasteiger partial charge in [0.1, 0.15) is 18.5 Å². The highest BCUT2D eigenvalue weighted by Crippen LogP contribution is 2.53. The lowest BCUT2D eigenvalue weighted by atomic mass is 9.83. The Hall–Kier alpha value is -3.43. The molecule has 2 aliphatic rings. The fourth-order valence-electron chi connectivity index (χ4n) is 6.75. The Bertz CT molecular complexity index is 1690. The third-order valence-electron chi connectivity index (χ3n) is 8.41. The van der Waals surface area contributed by atoms with Crippen LogP contribution in [-0.2, 0) is 11.8 Å². The van der Waals surface area contributed by atoms with Crippen molar-refractivity contribution < 1.29 is 14.0 Å². The summed E-state index contributed by atoms with van der Waals surface area (Å²) in [7, 11) is 2.17. The number of aryl methyl sites for hydroxylation is 2. The fourth-order valence-corrected chi connectivity index (χ4v) is 6.75. The lowest BCUT2D eigenvalue weighted by Crippen LogP contribution is -2.32. The summed E-state index contributed by atoms with van der Waals surface area (Å²) in [6.45, 7) is 8.50. The topological polar surface area (TPSA) is 22.3 Å². The Morgan fingerprint density at radius 2 is 1.67 bits per heavy atom. The Morgan fingerprint density at radius 3 is 2.44 bits per heavy atom. The number of hydrogen-bond acceptors (Lipinski definition) is 2. The summed E-state index contributed by atoms with van der Waals surface area (Å²) in [6, 6.07) is 20.2. The van der Waals surface area contributed by atoms with Gasteiger partial charge in [-0.3, -0.25) is 0 Å². The number of nitrogens with zero attached hydrogens (tertiary/aromatic N) is 1. The van der Waals surface area contributed by atoms with E-state index < -0.39 is 0 Å². The van der Waals surface area contributed by atoms with E-state index in [0.717, 1.165) is 37.6 Å². The molecule has 180 valence electrons. The number of aromatic nitrogens is 1. The second-order valence-electron chi connectivity index (χ2n) is 10.8. The Morgan fingerprint density at radius 1 is 0.889 bits per heavy atom. The van der Waals surface area contributed by atoms with Gasteiger partial charge in [0, 0.05) is 30.2 Å². The van der Waals surface area contributed by atoms with E-state index in [2.05, 4.69) is 93.2 Å². The molecule has 5 aromatic rings. The number of rotatable bonds is 2. The first-order valence-corrected chi connectivity index (χ1v) is 13.2. The summed E-state index contributed by atoms with van der Waals surface area (Å²) in [6.07, 6.45) is 4.40. The Balaban J connectivity index is 1.63. The van der Waals surface area contributed by atoms with Crippen LogP contribution in [0.15, 0.2) is 60.8 Å². The highest BCUT2D eigenvalue weighted by atomic mass is 16.5. The molecule has 0 aliphatic carbocycles. The average Bonchev–Trinajstić information content (AvgIpc) is 2.90. The molecular formula is C33H32NO2+. The van der Waals surface area contributed by atoms with Gasteiger partial charge in [0.15, 0.2) is 6.20 Å². The third-order valence-corrected chi connectivity index (χ3v) is 8.41. The highest BCUT2D eigenvalue weighted by Gasteiger charge is 2.34. The van der Waals surface area contributed by atoms with E-state index >= 15 is 0 Å².